The zero-order chi connectivity index (χ0) is 21.1. The second kappa shape index (κ2) is 8.39. The number of amides is 1. The highest BCUT2D eigenvalue weighted by Gasteiger charge is 2.18. The summed E-state index contributed by atoms with van der Waals surface area (Å²) in [5, 5.41) is 8.56. The number of aromatic nitrogens is 2. The molecule has 1 N–H and O–H groups in total. The van der Waals surface area contributed by atoms with Crippen LogP contribution in [0.1, 0.15) is 17.4 Å². The smallest absolute Gasteiger partial charge is 0.279 e. The predicted molar refractivity (Wildman–Crippen MR) is 118 cm³/mol. The minimum absolute atomic E-state index is 0.138. The molecule has 4 rings (SSSR count). The van der Waals surface area contributed by atoms with Gasteiger partial charge in [0.25, 0.3) is 11.5 Å². The Morgan fingerprint density at radius 3 is 2.47 bits per heavy atom. The second-order valence-electron chi connectivity index (χ2n) is 6.50. The maximum absolute atomic E-state index is 13.0. The third-order valence-corrected chi connectivity index (χ3v) is 4.73. The SMILES string of the molecule is CCOc1ccc(-n2nc(C(=O)Nc3cccc(Cl)c3)c3ccccc3c2=O)cc1. The van der Waals surface area contributed by atoms with Gasteiger partial charge in [-0.15, -0.1) is 0 Å². The number of carbonyl (C=O) groups excluding carboxylic acids is 1. The minimum Gasteiger partial charge on any atom is -0.494 e. The fourth-order valence-electron chi connectivity index (χ4n) is 3.14. The lowest BCUT2D eigenvalue weighted by Gasteiger charge is -2.12. The molecule has 7 heteroatoms. The molecule has 0 aliphatic heterocycles. The molecule has 0 aliphatic carbocycles. The molecule has 0 aliphatic rings. The van der Waals surface area contributed by atoms with Gasteiger partial charge in [0.2, 0.25) is 0 Å². The van der Waals surface area contributed by atoms with Crippen molar-refractivity contribution in [2.45, 2.75) is 6.92 Å². The molecule has 3 aromatic carbocycles. The van der Waals surface area contributed by atoms with E-state index in [0.717, 1.165) is 0 Å². The Kier molecular flexibility index (Phi) is 5.50. The van der Waals surface area contributed by atoms with Gasteiger partial charge in [-0.2, -0.15) is 9.78 Å². The van der Waals surface area contributed by atoms with Crippen molar-refractivity contribution >= 4 is 34.0 Å². The van der Waals surface area contributed by atoms with Crippen molar-refractivity contribution in [2.24, 2.45) is 0 Å². The van der Waals surface area contributed by atoms with Crippen LogP contribution in [0.5, 0.6) is 5.75 Å². The summed E-state index contributed by atoms with van der Waals surface area (Å²) in [5.41, 5.74) is 0.899. The van der Waals surface area contributed by atoms with Crippen LogP contribution in [0.25, 0.3) is 16.5 Å². The Hall–Kier alpha value is -3.64. The average molecular weight is 420 g/mol. The second-order valence-corrected chi connectivity index (χ2v) is 6.94. The lowest BCUT2D eigenvalue weighted by Crippen LogP contribution is -2.26. The molecule has 0 unspecified atom stereocenters. The summed E-state index contributed by atoms with van der Waals surface area (Å²) in [5.74, 6) is 0.252. The minimum atomic E-state index is -0.437. The van der Waals surface area contributed by atoms with Crippen molar-refractivity contribution in [1.29, 1.82) is 0 Å². The van der Waals surface area contributed by atoms with Gasteiger partial charge in [0, 0.05) is 16.1 Å². The first-order chi connectivity index (χ1) is 14.6. The Labute approximate surface area is 177 Å². The van der Waals surface area contributed by atoms with Crippen molar-refractivity contribution in [3.8, 4) is 11.4 Å². The Balaban J connectivity index is 1.82. The molecule has 0 saturated heterocycles. The van der Waals surface area contributed by atoms with Crippen LogP contribution < -0.4 is 15.6 Å². The number of hydrogen-bond donors (Lipinski definition) is 1. The highest BCUT2D eigenvalue weighted by Crippen LogP contribution is 2.20. The van der Waals surface area contributed by atoms with Crippen LogP contribution in [-0.4, -0.2) is 22.3 Å². The number of nitrogens with one attached hydrogen (secondary N) is 1. The number of anilines is 1. The standard InChI is InChI=1S/C23H18ClN3O3/c1-2-30-18-12-10-17(11-13-18)27-23(29)20-9-4-3-8-19(20)21(26-27)22(28)25-16-7-5-6-15(24)14-16/h3-14H,2H2,1H3,(H,25,28). The number of rotatable bonds is 5. The van der Waals surface area contributed by atoms with E-state index < -0.39 is 5.91 Å². The van der Waals surface area contributed by atoms with Gasteiger partial charge in [-0.3, -0.25) is 9.59 Å². The van der Waals surface area contributed by atoms with E-state index >= 15 is 0 Å². The first kappa shape index (κ1) is 19.7. The van der Waals surface area contributed by atoms with Crippen molar-refractivity contribution in [2.75, 3.05) is 11.9 Å². The van der Waals surface area contributed by atoms with Crippen molar-refractivity contribution in [1.82, 2.24) is 9.78 Å². The number of benzene rings is 3. The molecule has 1 aromatic heterocycles. The Bertz CT molecular complexity index is 1280. The van der Waals surface area contributed by atoms with Gasteiger partial charge in [-0.1, -0.05) is 35.9 Å². The number of hydrogen-bond acceptors (Lipinski definition) is 4. The summed E-state index contributed by atoms with van der Waals surface area (Å²) in [7, 11) is 0. The summed E-state index contributed by atoms with van der Waals surface area (Å²) < 4.78 is 6.68. The molecule has 0 spiro atoms. The Morgan fingerprint density at radius 1 is 1.03 bits per heavy atom. The third-order valence-electron chi connectivity index (χ3n) is 4.49. The van der Waals surface area contributed by atoms with E-state index in [1.165, 1.54) is 4.68 Å². The van der Waals surface area contributed by atoms with Crippen molar-refractivity contribution in [3.05, 3.63) is 93.9 Å². The zero-order valence-electron chi connectivity index (χ0n) is 16.1. The maximum atomic E-state index is 13.0. The van der Waals surface area contributed by atoms with Gasteiger partial charge in [0.05, 0.1) is 17.7 Å². The number of ether oxygens (including phenoxy) is 1. The number of carbonyl (C=O) groups is 1. The molecule has 1 amide bonds. The first-order valence-electron chi connectivity index (χ1n) is 9.39. The van der Waals surface area contributed by atoms with Crippen molar-refractivity contribution < 1.29 is 9.53 Å². The normalized spacial score (nSPS) is 10.7. The monoisotopic (exact) mass is 419 g/mol. The van der Waals surface area contributed by atoms with Gasteiger partial charge in [-0.25, -0.2) is 0 Å². The molecular formula is C23H18ClN3O3. The predicted octanol–water partition coefficient (Wildman–Crippen LogP) is 4.69. The molecule has 0 fully saturated rings. The zero-order valence-corrected chi connectivity index (χ0v) is 16.9. The van der Waals surface area contributed by atoms with Crippen LogP contribution in [-0.2, 0) is 0 Å². The highest BCUT2D eigenvalue weighted by atomic mass is 35.5. The molecular weight excluding hydrogens is 402 g/mol. The molecule has 0 radical (unpaired) electrons. The van der Waals surface area contributed by atoms with Crippen molar-refractivity contribution in [3.63, 3.8) is 0 Å². The lowest BCUT2D eigenvalue weighted by atomic mass is 10.1. The summed E-state index contributed by atoms with van der Waals surface area (Å²) in [6.45, 7) is 2.44. The summed E-state index contributed by atoms with van der Waals surface area (Å²) in [4.78, 5) is 26.1. The van der Waals surface area contributed by atoms with Crippen LogP contribution in [0.4, 0.5) is 5.69 Å². The summed E-state index contributed by atoms with van der Waals surface area (Å²) in [6.07, 6.45) is 0. The van der Waals surface area contributed by atoms with Crippen LogP contribution in [0, 0.1) is 0 Å². The lowest BCUT2D eigenvalue weighted by molar-refractivity contribution is 0.102. The fraction of sp³-hybridized carbons (Fsp3) is 0.0870. The summed E-state index contributed by atoms with van der Waals surface area (Å²) in [6, 6.07) is 20.7. The van der Waals surface area contributed by atoms with E-state index in [2.05, 4.69) is 10.4 Å². The average Bonchev–Trinajstić information content (AvgIpc) is 2.75. The molecule has 150 valence electrons. The van der Waals surface area contributed by atoms with Crippen LogP contribution in [0.15, 0.2) is 77.6 Å². The van der Waals surface area contributed by atoms with E-state index in [0.29, 0.717) is 39.5 Å². The first-order valence-corrected chi connectivity index (χ1v) is 9.77. The van der Waals surface area contributed by atoms with Crippen LogP contribution in [0.2, 0.25) is 5.02 Å². The summed E-state index contributed by atoms with van der Waals surface area (Å²) >= 11 is 6.01. The van der Waals surface area contributed by atoms with E-state index in [1.54, 1.807) is 72.8 Å². The van der Waals surface area contributed by atoms with E-state index in [-0.39, 0.29) is 11.3 Å². The van der Waals surface area contributed by atoms with E-state index in [4.69, 9.17) is 16.3 Å². The van der Waals surface area contributed by atoms with Gasteiger partial charge in [0.1, 0.15) is 5.75 Å². The largest absolute Gasteiger partial charge is 0.494 e. The molecule has 0 saturated carbocycles. The molecule has 0 atom stereocenters. The van der Waals surface area contributed by atoms with Crippen LogP contribution >= 0.6 is 11.6 Å². The molecule has 30 heavy (non-hydrogen) atoms. The Morgan fingerprint density at radius 2 is 1.77 bits per heavy atom. The number of halogens is 1. The van der Waals surface area contributed by atoms with E-state index in [1.807, 2.05) is 6.92 Å². The number of nitrogens with zero attached hydrogens (tertiary/aromatic N) is 2. The van der Waals surface area contributed by atoms with Crippen LogP contribution in [0.3, 0.4) is 0 Å². The highest BCUT2D eigenvalue weighted by molar-refractivity contribution is 6.31. The van der Waals surface area contributed by atoms with E-state index in [9.17, 15) is 9.59 Å². The topological polar surface area (TPSA) is 73.2 Å². The van der Waals surface area contributed by atoms with Gasteiger partial charge < -0.3 is 10.1 Å². The third kappa shape index (κ3) is 3.90. The fourth-order valence-corrected chi connectivity index (χ4v) is 3.33. The molecule has 4 aromatic rings. The maximum Gasteiger partial charge on any atom is 0.279 e. The molecule has 0 bridgehead atoms. The van der Waals surface area contributed by atoms with Gasteiger partial charge in [0.15, 0.2) is 5.69 Å². The quantitative estimate of drug-likeness (QED) is 0.509. The molecule has 6 nitrogen and oxygen atoms in total. The van der Waals surface area contributed by atoms with Gasteiger partial charge >= 0.3 is 0 Å². The number of fused-ring (bicyclic) bond motifs is 1. The van der Waals surface area contributed by atoms with Gasteiger partial charge in [-0.05, 0) is 55.5 Å². The molecule has 1 heterocycles.